The minimum atomic E-state index is 0.464. The van der Waals surface area contributed by atoms with Gasteiger partial charge in [0.1, 0.15) is 11.4 Å². The highest BCUT2D eigenvalue weighted by Crippen LogP contribution is 2.29. The van der Waals surface area contributed by atoms with E-state index in [0.29, 0.717) is 6.54 Å². The Morgan fingerprint density at radius 3 is 2.47 bits per heavy atom. The van der Waals surface area contributed by atoms with Gasteiger partial charge in [-0.05, 0) is 30.2 Å². The normalized spacial score (nSPS) is 10.9. The highest BCUT2D eigenvalue weighted by atomic mass is 32.2. The van der Waals surface area contributed by atoms with Crippen LogP contribution < -0.4 is 5.73 Å². The molecule has 2 rings (SSSR count). The number of hydrogen-bond acceptors (Lipinski definition) is 6. The topological polar surface area (TPSA) is 82.5 Å². The van der Waals surface area contributed by atoms with Crippen LogP contribution in [0.5, 0.6) is 0 Å². The molecule has 0 radical (unpaired) electrons. The van der Waals surface area contributed by atoms with Gasteiger partial charge in [0, 0.05) is 19.2 Å². The van der Waals surface area contributed by atoms with Crippen molar-refractivity contribution in [2.75, 3.05) is 0 Å². The number of aromatic nitrogens is 5. The molecular formula is C12H18N6S. The third kappa shape index (κ3) is 2.76. The summed E-state index contributed by atoms with van der Waals surface area (Å²) in [6.07, 6.45) is 3.45. The Bertz CT molecular complexity index is 565. The summed E-state index contributed by atoms with van der Waals surface area (Å²) in [4.78, 5) is 0. The SMILES string of the molecule is CCc1nnc(Sc2nncn2C)c(CN)c1CC. The maximum Gasteiger partial charge on any atom is 0.197 e. The fraction of sp³-hybridized carbons (Fsp3) is 0.500. The van der Waals surface area contributed by atoms with E-state index in [4.69, 9.17) is 5.73 Å². The zero-order valence-corrected chi connectivity index (χ0v) is 12.2. The third-order valence-corrected chi connectivity index (χ3v) is 4.06. The number of rotatable bonds is 5. The van der Waals surface area contributed by atoms with Crippen LogP contribution in [0, 0.1) is 0 Å². The number of nitrogens with zero attached hydrogens (tertiary/aromatic N) is 5. The smallest absolute Gasteiger partial charge is 0.197 e. The van der Waals surface area contributed by atoms with E-state index < -0.39 is 0 Å². The molecule has 2 heterocycles. The molecule has 19 heavy (non-hydrogen) atoms. The lowest BCUT2D eigenvalue weighted by atomic mass is 10.0. The summed E-state index contributed by atoms with van der Waals surface area (Å²) < 4.78 is 1.85. The van der Waals surface area contributed by atoms with Crippen LogP contribution in [0.3, 0.4) is 0 Å². The first-order valence-electron chi connectivity index (χ1n) is 6.30. The van der Waals surface area contributed by atoms with Crippen LogP contribution in [-0.2, 0) is 26.4 Å². The predicted octanol–water partition coefficient (Wildman–Crippen LogP) is 1.34. The second-order valence-electron chi connectivity index (χ2n) is 4.15. The Kier molecular flexibility index (Phi) is 4.49. The van der Waals surface area contributed by atoms with Crippen LogP contribution >= 0.6 is 11.8 Å². The van der Waals surface area contributed by atoms with Crippen molar-refractivity contribution in [1.82, 2.24) is 25.0 Å². The van der Waals surface area contributed by atoms with Crippen LogP contribution in [0.25, 0.3) is 0 Å². The fourth-order valence-corrected chi connectivity index (χ4v) is 2.84. The molecule has 0 aliphatic rings. The molecule has 0 atom stereocenters. The molecule has 0 saturated heterocycles. The molecule has 2 aromatic rings. The van der Waals surface area contributed by atoms with Gasteiger partial charge < -0.3 is 10.3 Å². The monoisotopic (exact) mass is 278 g/mol. The van der Waals surface area contributed by atoms with E-state index in [1.807, 2.05) is 11.6 Å². The quantitative estimate of drug-likeness (QED) is 0.888. The standard InChI is InChI=1S/C12H18N6S/c1-4-8-9(6-13)11(16-15-10(8)5-2)19-12-17-14-7-18(12)3/h7H,4-6,13H2,1-3H3. The maximum atomic E-state index is 5.89. The third-order valence-electron chi connectivity index (χ3n) is 2.98. The van der Waals surface area contributed by atoms with E-state index in [1.54, 1.807) is 6.33 Å². The molecule has 0 saturated carbocycles. The maximum absolute atomic E-state index is 5.89. The lowest BCUT2D eigenvalue weighted by Gasteiger charge is -2.13. The average Bonchev–Trinajstić information content (AvgIpc) is 2.83. The summed E-state index contributed by atoms with van der Waals surface area (Å²) in [6.45, 7) is 4.66. The molecule has 7 heteroatoms. The van der Waals surface area contributed by atoms with Crippen molar-refractivity contribution in [3.63, 3.8) is 0 Å². The van der Waals surface area contributed by atoms with Crippen molar-refractivity contribution in [3.05, 3.63) is 23.1 Å². The summed E-state index contributed by atoms with van der Waals surface area (Å²) in [5.41, 5.74) is 9.21. The summed E-state index contributed by atoms with van der Waals surface area (Å²) in [5, 5.41) is 18.1. The van der Waals surface area contributed by atoms with Gasteiger partial charge in [0.25, 0.3) is 0 Å². The molecule has 6 nitrogen and oxygen atoms in total. The van der Waals surface area contributed by atoms with Crippen LogP contribution in [0.2, 0.25) is 0 Å². The van der Waals surface area contributed by atoms with Crippen molar-refractivity contribution in [3.8, 4) is 0 Å². The van der Waals surface area contributed by atoms with Crippen molar-refractivity contribution < 1.29 is 0 Å². The zero-order chi connectivity index (χ0) is 13.8. The first-order valence-corrected chi connectivity index (χ1v) is 7.12. The molecule has 0 bridgehead atoms. The van der Waals surface area contributed by atoms with E-state index in [-0.39, 0.29) is 0 Å². The van der Waals surface area contributed by atoms with Crippen LogP contribution in [-0.4, -0.2) is 25.0 Å². The number of nitrogens with two attached hydrogens (primary N) is 1. The molecule has 0 aromatic carbocycles. The average molecular weight is 278 g/mol. The highest BCUT2D eigenvalue weighted by molar-refractivity contribution is 7.99. The Hall–Kier alpha value is -1.47. The van der Waals surface area contributed by atoms with Crippen LogP contribution in [0.1, 0.15) is 30.7 Å². The van der Waals surface area contributed by atoms with Gasteiger partial charge >= 0.3 is 0 Å². The first-order chi connectivity index (χ1) is 9.21. The van der Waals surface area contributed by atoms with Crippen molar-refractivity contribution in [2.24, 2.45) is 12.8 Å². The molecule has 0 aliphatic carbocycles. The molecular weight excluding hydrogens is 260 g/mol. The van der Waals surface area contributed by atoms with E-state index in [1.165, 1.54) is 17.3 Å². The van der Waals surface area contributed by atoms with Gasteiger partial charge in [-0.25, -0.2) is 0 Å². The molecule has 2 aromatic heterocycles. The molecule has 2 N–H and O–H groups in total. The second-order valence-corrected chi connectivity index (χ2v) is 5.10. The van der Waals surface area contributed by atoms with Gasteiger partial charge in [-0.15, -0.1) is 15.3 Å². The molecule has 102 valence electrons. The Morgan fingerprint density at radius 1 is 1.16 bits per heavy atom. The molecule has 0 unspecified atom stereocenters. The Balaban J connectivity index is 2.43. The van der Waals surface area contributed by atoms with Gasteiger partial charge in [0.15, 0.2) is 5.16 Å². The largest absolute Gasteiger partial charge is 0.326 e. The lowest BCUT2D eigenvalue weighted by molar-refractivity contribution is 0.763. The van der Waals surface area contributed by atoms with E-state index >= 15 is 0 Å². The Labute approximate surface area is 116 Å². The van der Waals surface area contributed by atoms with Crippen molar-refractivity contribution in [1.29, 1.82) is 0 Å². The summed E-state index contributed by atoms with van der Waals surface area (Å²) >= 11 is 1.46. The van der Waals surface area contributed by atoms with Crippen molar-refractivity contribution in [2.45, 2.75) is 43.4 Å². The summed E-state index contributed by atoms with van der Waals surface area (Å²) in [6, 6.07) is 0. The molecule has 0 aliphatic heterocycles. The fourth-order valence-electron chi connectivity index (χ4n) is 1.98. The first kappa shape index (κ1) is 14.0. The lowest BCUT2D eigenvalue weighted by Crippen LogP contribution is -2.10. The van der Waals surface area contributed by atoms with Gasteiger partial charge in [-0.2, -0.15) is 5.10 Å². The van der Waals surface area contributed by atoms with Gasteiger partial charge in [0.2, 0.25) is 0 Å². The minimum absolute atomic E-state index is 0.464. The van der Waals surface area contributed by atoms with Gasteiger partial charge in [-0.3, -0.25) is 0 Å². The van der Waals surface area contributed by atoms with Crippen molar-refractivity contribution >= 4 is 11.8 Å². The Morgan fingerprint density at radius 2 is 1.95 bits per heavy atom. The summed E-state index contributed by atoms with van der Waals surface area (Å²) in [7, 11) is 1.90. The van der Waals surface area contributed by atoms with Crippen LogP contribution in [0.4, 0.5) is 0 Å². The highest BCUT2D eigenvalue weighted by Gasteiger charge is 2.16. The predicted molar refractivity (Wildman–Crippen MR) is 73.8 cm³/mol. The number of aryl methyl sites for hydroxylation is 2. The number of hydrogen-bond donors (Lipinski definition) is 1. The van der Waals surface area contributed by atoms with E-state index in [9.17, 15) is 0 Å². The molecule has 0 fully saturated rings. The van der Waals surface area contributed by atoms with Crippen LogP contribution in [0.15, 0.2) is 16.5 Å². The second kappa shape index (κ2) is 6.12. The molecule has 0 amide bonds. The minimum Gasteiger partial charge on any atom is -0.326 e. The van der Waals surface area contributed by atoms with E-state index in [0.717, 1.165) is 34.3 Å². The summed E-state index contributed by atoms with van der Waals surface area (Å²) in [5.74, 6) is 0. The van der Waals surface area contributed by atoms with Gasteiger partial charge in [-0.1, -0.05) is 13.8 Å². The zero-order valence-electron chi connectivity index (χ0n) is 11.4. The van der Waals surface area contributed by atoms with E-state index in [2.05, 4.69) is 34.2 Å². The molecule has 0 spiro atoms. The van der Waals surface area contributed by atoms with Gasteiger partial charge in [0.05, 0.1) is 5.69 Å².